The highest BCUT2D eigenvalue weighted by molar-refractivity contribution is 6.31. The molecular weight excluding hydrogens is 300 g/mol. The maximum Gasteiger partial charge on any atom is 0.240 e. The molecule has 0 unspecified atom stereocenters. The second-order valence-electron chi connectivity index (χ2n) is 4.38. The summed E-state index contributed by atoms with van der Waals surface area (Å²) < 4.78 is 10.5. The Kier molecular flexibility index (Phi) is 5.46. The molecule has 2 aromatic carbocycles. The quantitative estimate of drug-likeness (QED) is 0.632. The molecule has 0 N–H and O–H groups in total. The largest absolute Gasteiger partial charge is 0.496 e. The van der Waals surface area contributed by atoms with Crippen molar-refractivity contribution in [2.45, 2.75) is 6.92 Å². The van der Waals surface area contributed by atoms with E-state index in [1.807, 2.05) is 19.1 Å². The molecule has 0 amide bonds. The van der Waals surface area contributed by atoms with Crippen LogP contribution < -0.4 is 9.47 Å². The average molecular weight is 315 g/mol. The Bertz CT molecular complexity index is 724. The molecule has 0 aliphatic heterocycles. The minimum Gasteiger partial charge on any atom is -0.496 e. The first kappa shape index (κ1) is 15.9. The number of Topliss-reactive ketones (excluding diaryl/α,β-unsaturated/α-hetero) is 1. The van der Waals surface area contributed by atoms with Crippen LogP contribution in [0.25, 0.3) is 0 Å². The molecule has 0 bridgehead atoms. The van der Waals surface area contributed by atoms with Crippen LogP contribution in [-0.2, 0) is 0 Å². The van der Waals surface area contributed by atoms with Gasteiger partial charge in [-0.3, -0.25) is 4.79 Å². The minimum atomic E-state index is -0.340. The molecule has 0 aromatic heterocycles. The molecule has 0 saturated carbocycles. The predicted molar refractivity (Wildman–Crippen MR) is 86.8 cm³/mol. The molecule has 2 rings (SSSR count). The van der Waals surface area contributed by atoms with Gasteiger partial charge >= 0.3 is 0 Å². The first-order valence-electron chi connectivity index (χ1n) is 6.76. The van der Waals surface area contributed by atoms with E-state index in [1.165, 1.54) is 7.11 Å². The van der Waals surface area contributed by atoms with Crippen LogP contribution in [0.5, 0.6) is 11.5 Å². The Morgan fingerprint density at radius 3 is 2.55 bits per heavy atom. The van der Waals surface area contributed by atoms with Gasteiger partial charge in [-0.1, -0.05) is 17.5 Å². The fraction of sp³-hybridized carbons (Fsp3) is 0.167. The van der Waals surface area contributed by atoms with Gasteiger partial charge in [0, 0.05) is 10.6 Å². The Hall–Kier alpha value is -2.44. The number of hydrogen-bond donors (Lipinski definition) is 0. The molecule has 0 atom stereocenters. The van der Waals surface area contributed by atoms with Crippen LogP contribution >= 0.6 is 11.6 Å². The highest BCUT2D eigenvalue weighted by Crippen LogP contribution is 2.22. The molecule has 0 fully saturated rings. The lowest BCUT2D eigenvalue weighted by Gasteiger charge is -2.04. The Morgan fingerprint density at radius 1 is 1.18 bits per heavy atom. The average Bonchev–Trinajstić information content (AvgIpc) is 2.54. The first-order chi connectivity index (χ1) is 10.6. The van der Waals surface area contributed by atoms with Gasteiger partial charge in [-0.25, -0.2) is 0 Å². The van der Waals surface area contributed by atoms with Gasteiger partial charge in [-0.15, -0.1) is 0 Å². The lowest BCUT2D eigenvalue weighted by atomic mass is 10.1. The maximum atomic E-state index is 12.2. The molecule has 2 aromatic rings. The van der Waals surface area contributed by atoms with Crippen molar-refractivity contribution in [3.05, 3.63) is 58.6 Å². The van der Waals surface area contributed by atoms with Crippen LogP contribution in [0.15, 0.2) is 42.5 Å². The fourth-order valence-electron chi connectivity index (χ4n) is 1.86. The number of benzene rings is 2. The summed E-state index contributed by atoms with van der Waals surface area (Å²) in [6, 6.07) is 12.1. The van der Waals surface area contributed by atoms with Gasteiger partial charge in [0.05, 0.1) is 19.3 Å². The number of carbonyl (C=O) groups excluding carboxylic acids is 1. The maximum absolute atomic E-state index is 12.2. The van der Waals surface area contributed by atoms with Crippen molar-refractivity contribution >= 4 is 17.4 Å². The molecule has 0 aliphatic carbocycles. The van der Waals surface area contributed by atoms with E-state index in [0.717, 1.165) is 11.3 Å². The van der Waals surface area contributed by atoms with Crippen LogP contribution in [0.1, 0.15) is 22.8 Å². The van der Waals surface area contributed by atoms with Gasteiger partial charge in [-0.2, -0.15) is 0 Å². The summed E-state index contributed by atoms with van der Waals surface area (Å²) in [5.74, 6) is 6.32. The summed E-state index contributed by atoms with van der Waals surface area (Å²) in [6.07, 6.45) is 0. The highest BCUT2D eigenvalue weighted by Gasteiger charge is 2.10. The van der Waals surface area contributed by atoms with E-state index in [2.05, 4.69) is 11.8 Å². The molecule has 0 heterocycles. The summed E-state index contributed by atoms with van der Waals surface area (Å²) >= 11 is 5.91. The second kappa shape index (κ2) is 7.53. The zero-order valence-electron chi connectivity index (χ0n) is 12.4. The molecule has 3 nitrogen and oxygen atoms in total. The molecule has 112 valence electrons. The van der Waals surface area contributed by atoms with Crippen LogP contribution in [0.2, 0.25) is 5.02 Å². The topological polar surface area (TPSA) is 35.5 Å². The van der Waals surface area contributed by atoms with Crippen molar-refractivity contribution in [1.29, 1.82) is 0 Å². The van der Waals surface area contributed by atoms with Crippen LogP contribution in [0, 0.1) is 11.8 Å². The molecule has 22 heavy (non-hydrogen) atoms. The monoisotopic (exact) mass is 314 g/mol. The third kappa shape index (κ3) is 4.03. The number of rotatable bonds is 4. The SMILES string of the molecule is CCOc1ccc(C#CC(=O)c2cc(Cl)ccc2OC)cc1. The van der Waals surface area contributed by atoms with Crippen molar-refractivity contribution in [1.82, 2.24) is 0 Å². The van der Waals surface area contributed by atoms with Crippen molar-refractivity contribution in [2.75, 3.05) is 13.7 Å². The Labute approximate surface area is 134 Å². The Balaban J connectivity index is 2.20. The highest BCUT2D eigenvalue weighted by atomic mass is 35.5. The third-order valence-electron chi connectivity index (χ3n) is 2.89. The first-order valence-corrected chi connectivity index (χ1v) is 7.14. The molecule has 0 aliphatic rings. The molecule has 0 saturated heterocycles. The van der Waals surface area contributed by atoms with Gasteiger partial charge in [-0.05, 0) is 55.3 Å². The summed E-state index contributed by atoms with van der Waals surface area (Å²) in [7, 11) is 1.50. The third-order valence-corrected chi connectivity index (χ3v) is 3.13. The van der Waals surface area contributed by atoms with Gasteiger partial charge in [0.2, 0.25) is 5.78 Å². The van der Waals surface area contributed by atoms with Gasteiger partial charge < -0.3 is 9.47 Å². The van der Waals surface area contributed by atoms with Crippen molar-refractivity contribution < 1.29 is 14.3 Å². The molecule has 4 heteroatoms. The number of ether oxygens (including phenoxy) is 2. The van der Waals surface area contributed by atoms with Crippen molar-refractivity contribution in [3.63, 3.8) is 0 Å². The van der Waals surface area contributed by atoms with E-state index < -0.39 is 0 Å². The molecule has 0 radical (unpaired) electrons. The second-order valence-corrected chi connectivity index (χ2v) is 4.82. The van der Waals surface area contributed by atoms with E-state index in [-0.39, 0.29) is 5.78 Å². The van der Waals surface area contributed by atoms with Gasteiger partial charge in [0.15, 0.2) is 0 Å². The van der Waals surface area contributed by atoms with Crippen molar-refractivity contribution in [3.8, 4) is 23.3 Å². The number of hydrogen-bond acceptors (Lipinski definition) is 3. The standard InChI is InChI=1S/C18H15ClO3/c1-3-22-15-8-4-13(5-9-15)6-10-17(20)16-12-14(19)7-11-18(16)21-2/h4-5,7-9,11-12H,3H2,1-2H3. The number of halogens is 1. The Morgan fingerprint density at radius 2 is 1.91 bits per heavy atom. The summed E-state index contributed by atoms with van der Waals surface area (Å²) in [4.78, 5) is 12.2. The lowest BCUT2D eigenvalue weighted by molar-refractivity contribution is 0.105. The van der Waals surface area contributed by atoms with Gasteiger partial charge in [0.25, 0.3) is 0 Å². The summed E-state index contributed by atoms with van der Waals surface area (Å²) in [6.45, 7) is 2.53. The van der Waals surface area contributed by atoms with Crippen LogP contribution in [-0.4, -0.2) is 19.5 Å². The molecular formula is C18H15ClO3. The van der Waals surface area contributed by atoms with Gasteiger partial charge in [0.1, 0.15) is 11.5 Å². The van der Waals surface area contributed by atoms with Crippen molar-refractivity contribution in [2.24, 2.45) is 0 Å². The normalized spacial score (nSPS) is 9.59. The molecule has 0 spiro atoms. The van der Waals surface area contributed by atoms with Crippen LogP contribution in [0.4, 0.5) is 0 Å². The lowest BCUT2D eigenvalue weighted by Crippen LogP contribution is -1.99. The summed E-state index contributed by atoms with van der Waals surface area (Å²) in [5.41, 5.74) is 1.09. The van der Waals surface area contributed by atoms with E-state index >= 15 is 0 Å². The van der Waals surface area contributed by atoms with E-state index in [9.17, 15) is 4.79 Å². The fourth-order valence-corrected chi connectivity index (χ4v) is 2.03. The van der Waals surface area contributed by atoms with E-state index in [0.29, 0.717) is 22.9 Å². The zero-order valence-corrected chi connectivity index (χ0v) is 13.1. The zero-order chi connectivity index (χ0) is 15.9. The number of methoxy groups -OCH3 is 1. The number of carbonyl (C=O) groups is 1. The summed E-state index contributed by atoms with van der Waals surface area (Å²) in [5, 5.41) is 0.465. The van der Waals surface area contributed by atoms with Crippen LogP contribution in [0.3, 0.4) is 0 Å². The smallest absolute Gasteiger partial charge is 0.240 e. The minimum absolute atomic E-state index is 0.340. The number of ketones is 1. The van der Waals surface area contributed by atoms with E-state index in [4.69, 9.17) is 21.1 Å². The predicted octanol–water partition coefficient (Wildman–Crippen LogP) is 3.98. The van der Waals surface area contributed by atoms with E-state index in [1.54, 1.807) is 30.3 Å².